The lowest BCUT2D eigenvalue weighted by atomic mass is 10.1. The molecule has 1 heterocycles. The van der Waals surface area contributed by atoms with Crippen molar-refractivity contribution in [3.05, 3.63) is 34.9 Å². The van der Waals surface area contributed by atoms with Gasteiger partial charge in [-0.05, 0) is 44.1 Å². The zero-order valence-corrected chi connectivity index (χ0v) is 12.6. The molecule has 20 heavy (non-hydrogen) atoms. The number of hydrogen-bond acceptors (Lipinski definition) is 3. The Morgan fingerprint density at radius 3 is 3.10 bits per heavy atom. The predicted octanol–water partition coefficient (Wildman–Crippen LogP) is 1.81. The van der Waals surface area contributed by atoms with Gasteiger partial charge in [0.1, 0.15) is 0 Å². The third kappa shape index (κ3) is 4.78. The van der Waals surface area contributed by atoms with Crippen molar-refractivity contribution in [1.82, 2.24) is 15.5 Å². The van der Waals surface area contributed by atoms with E-state index < -0.39 is 0 Å². The van der Waals surface area contributed by atoms with Crippen LogP contribution >= 0.6 is 11.6 Å². The van der Waals surface area contributed by atoms with E-state index in [-0.39, 0.29) is 11.9 Å². The third-order valence-electron chi connectivity index (χ3n) is 3.53. The highest BCUT2D eigenvalue weighted by molar-refractivity contribution is 6.30. The predicted molar refractivity (Wildman–Crippen MR) is 81.9 cm³/mol. The molecule has 5 heteroatoms. The molecule has 1 saturated heterocycles. The van der Waals surface area contributed by atoms with Gasteiger partial charge in [-0.15, -0.1) is 0 Å². The minimum Gasteiger partial charge on any atom is -0.348 e. The van der Waals surface area contributed by atoms with Crippen LogP contribution in [0.4, 0.5) is 0 Å². The van der Waals surface area contributed by atoms with Gasteiger partial charge in [0, 0.05) is 18.1 Å². The van der Waals surface area contributed by atoms with E-state index in [0.29, 0.717) is 11.6 Å². The van der Waals surface area contributed by atoms with Crippen molar-refractivity contribution in [2.24, 2.45) is 0 Å². The minimum atomic E-state index is -0.0219. The van der Waals surface area contributed by atoms with Crippen LogP contribution in [0.5, 0.6) is 0 Å². The molecule has 0 aliphatic carbocycles. The standard InChI is InChI=1S/C15H22ClN3O/c1-12(13-4-2-5-14(16)10-13)18-15(20)11-19-8-3-6-17-7-9-19/h2,4-5,10,12,17H,3,6-9,11H2,1H3,(H,18,20)/t12-/m0/s1. The van der Waals surface area contributed by atoms with Crippen LogP contribution in [0.1, 0.15) is 24.9 Å². The molecule has 1 aliphatic rings. The maximum Gasteiger partial charge on any atom is 0.234 e. The fraction of sp³-hybridized carbons (Fsp3) is 0.533. The van der Waals surface area contributed by atoms with Crippen molar-refractivity contribution < 1.29 is 4.79 Å². The second-order valence-corrected chi connectivity index (χ2v) is 5.66. The van der Waals surface area contributed by atoms with E-state index in [0.717, 1.165) is 38.2 Å². The van der Waals surface area contributed by atoms with Crippen LogP contribution in [-0.4, -0.2) is 43.5 Å². The molecule has 2 N–H and O–H groups in total. The largest absolute Gasteiger partial charge is 0.348 e. The normalized spacial score (nSPS) is 18.3. The molecule has 1 fully saturated rings. The number of nitrogens with zero attached hydrogens (tertiary/aromatic N) is 1. The van der Waals surface area contributed by atoms with Crippen molar-refractivity contribution in [3.8, 4) is 0 Å². The first-order valence-electron chi connectivity index (χ1n) is 7.13. The van der Waals surface area contributed by atoms with Gasteiger partial charge in [-0.25, -0.2) is 0 Å². The van der Waals surface area contributed by atoms with E-state index in [2.05, 4.69) is 15.5 Å². The van der Waals surface area contributed by atoms with Crippen molar-refractivity contribution >= 4 is 17.5 Å². The lowest BCUT2D eigenvalue weighted by Crippen LogP contribution is -2.39. The third-order valence-corrected chi connectivity index (χ3v) is 3.76. The quantitative estimate of drug-likeness (QED) is 0.890. The molecule has 0 bridgehead atoms. The molecule has 1 aromatic rings. The van der Waals surface area contributed by atoms with E-state index >= 15 is 0 Å². The van der Waals surface area contributed by atoms with Crippen LogP contribution in [-0.2, 0) is 4.79 Å². The van der Waals surface area contributed by atoms with Crippen LogP contribution in [0.15, 0.2) is 24.3 Å². The maximum atomic E-state index is 12.1. The molecular weight excluding hydrogens is 274 g/mol. The highest BCUT2D eigenvalue weighted by Gasteiger charge is 2.15. The number of halogens is 1. The zero-order chi connectivity index (χ0) is 14.4. The van der Waals surface area contributed by atoms with Gasteiger partial charge in [0.05, 0.1) is 12.6 Å². The van der Waals surface area contributed by atoms with E-state index in [4.69, 9.17) is 11.6 Å². The van der Waals surface area contributed by atoms with Crippen molar-refractivity contribution in [3.63, 3.8) is 0 Å². The Labute approximate surface area is 125 Å². The molecule has 1 atom stereocenters. The van der Waals surface area contributed by atoms with Crippen LogP contribution in [0.25, 0.3) is 0 Å². The Morgan fingerprint density at radius 2 is 2.30 bits per heavy atom. The van der Waals surface area contributed by atoms with E-state index in [1.54, 1.807) is 0 Å². The Morgan fingerprint density at radius 1 is 1.45 bits per heavy atom. The van der Waals surface area contributed by atoms with Crippen LogP contribution in [0, 0.1) is 0 Å². The molecular formula is C15H22ClN3O. The Kier molecular flexibility index (Phi) is 5.83. The summed E-state index contributed by atoms with van der Waals surface area (Å²) in [6.45, 7) is 6.35. The van der Waals surface area contributed by atoms with Gasteiger partial charge < -0.3 is 10.6 Å². The topological polar surface area (TPSA) is 44.4 Å². The van der Waals surface area contributed by atoms with Crippen LogP contribution in [0.2, 0.25) is 5.02 Å². The van der Waals surface area contributed by atoms with Crippen molar-refractivity contribution in [1.29, 1.82) is 0 Å². The summed E-state index contributed by atoms with van der Waals surface area (Å²) in [5.41, 5.74) is 1.03. The Hall–Kier alpha value is -1.10. The number of carbonyl (C=O) groups is 1. The van der Waals surface area contributed by atoms with Crippen molar-refractivity contribution in [2.75, 3.05) is 32.7 Å². The summed E-state index contributed by atoms with van der Waals surface area (Å²) < 4.78 is 0. The molecule has 1 aliphatic heterocycles. The second kappa shape index (κ2) is 7.62. The monoisotopic (exact) mass is 295 g/mol. The molecule has 0 aromatic heterocycles. The average molecular weight is 296 g/mol. The second-order valence-electron chi connectivity index (χ2n) is 5.22. The van der Waals surface area contributed by atoms with Gasteiger partial charge in [-0.1, -0.05) is 23.7 Å². The number of amides is 1. The minimum absolute atomic E-state index is 0.0219. The Balaban J connectivity index is 1.84. The molecule has 0 spiro atoms. The van der Waals surface area contributed by atoms with Crippen LogP contribution < -0.4 is 10.6 Å². The lowest BCUT2D eigenvalue weighted by molar-refractivity contribution is -0.122. The highest BCUT2D eigenvalue weighted by atomic mass is 35.5. The molecule has 4 nitrogen and oxygen atoms in total. The van der Waals surface area contributed by atoms with Crippen molar-refractivity contribution in [2.45, 2.75) is 19.4 Å². The first-order chi connectivity index (χ1) is 9.65. The Bertz CT molecular complexity index is 444. The number of benzene rings is 1. The first-order valence-corrected chi connectivity index (χ1v) is 7.51. The van der Waals surface area contributed by atoms with Crippen LogP contribution in [0.3, 0.4) is 0 Å². The fourth-order valence-electron chi connectivity index (χ4n) is 2.41. The van der Waals surface area contributed by atoms with Gasteiger partial charge in [0.15, 0.2) is 0 Å². The maximum absolute atomic E-state index is 12.1. The molecule has 0 unspecified atom stereocenters. The average Bonchev–Trinajstić information content (AvgIpc) is 2.67. The number of carbonyl (C=O) groups excluding carboxylic acids is 1. The number of nitrogens with one attached hydrogen (secondary N) is 2. The van der Waals surface area contributed by atoms with Gasteiger partial charge in [0.25, 0.3) is 0 Å². The molecule has 0 radical (unpaired) electrons. The summed E-state index contributed by atoms with van der Waals surface area (Å²) in [6, 6.07) is 7.59. The summed E-state index contributed by atoms with van der Waals surface area (Å²) in [5.74, 6) is 0.0689. The summed E-state index contributed by atoms with van der Waals surface area (Å²) in [7, 11) is 0. The summed E-state index contributed by atoms with van der Waals surface area (Å²) >= 11 is 5.97. The molecule has 1 amide bonds. The van der Waals surface area contributed by atoms with Gasteiger partial charge in [-0.2, -0.15) is 0 Å². The molecule has 1 aromatic carbocycles. The highest BCUT2D eigenvalue weighted by Crippen LogP contribution is 2.17. The van der Waals surface area contributed by atoms with E-state index in [9.17, 15) is 4.79 Å². The molecule has 0 saturated carbocycles. The van der Waals surface area contributed by atoms with E-state index in [1.807, 2.05) is 31.2 Å². The summed E-state index contributed by atoms with van der Waals surface area (Å²) in [6.07, 6.45) is 1.09. The van der Waals surface area contributed by atoms with Gasteiger partial charge in [0.2, 0.25) is 5.91 Å². The molecule has 2 rings (SSSR count). The van der Waals surface area contributed by atoms with Gasteiger partial charge >= 0.3 is 0 Å². The van der Waals surface area contributed by atoms with E-state index in [1.165, 1.54) is 0 Å². The number of hydrogen-bond donors (Lipinski definition) is 2. The SMILES string of the molecule is C[C@H](NC(=O)CN1CCCNCC1)c1cccc(Cl)c1. The lowest BCUT2D eigenvalue weighted by Gasteiger charge is -2.21. The smallest absolute Gasteiger partial charge is 0.234 e. The number of rotatable bonds is 4. The first kappa shape index (κ1) is 15.3. The van der Waals surface area contributed by atoms with Gasteiger partial charge in [-0.3, -0.25) is 9.69 Å². The zero-order valence-electron chi connectivity index (χ0n) is 11.9. The summed E-state index contributed by atoms with van der Waals surface area (Å²) in [5, 5.41) is 7.06. The molecule has 110 valence electrons. The fourth-order valence-corrected chi connectivity index (χ4v) is 2.61. The summed E-state index contributed by atoms with van der Waals surface area (Å²) in [4.78, 5) is 14.3.